The molecule has 2 unspecified atom stereocenters. The van der Waals surface area contributed by atoms with E-state index in [4.69, 9.17) is 22.4 Å². The molecule has 3 nitrogen and oxygen atoms in total. The first-order valence-electron chi connectivity index (χ1n) is 2.50. The molecular weight excluding hydrogens is 158 g/mol. The Morgan fingerprint density at radius 2 is 2.44 bits per heavy atom. The molecule has 1 heterocycles. The minimum Gasteiger partial charge on any atom is -0.395 e. The monoisotopic (exact) mass is 165 g/mol. The summed E-state index contributed by atoms with van der Waals surface area (Å²) in [5, 5.41) is 20.0. The number of thiocarbonyl (C=S) groups is 1. The van der Waals surface area contributed by atoms with Crippen LogP contribution in [0.4, 0.5) is 0 Å². The van der Waals surface area contributed by atoms with Gasteiger partial charge in [-0.2, -0.15) is 0 Å². The van der Waals surface area contributed by atoms with Crippen molar-refractivity contribution in [1.29, 1.82) is 0 Å². The standard InChI is InChI=1S/C4H7NO2S2/c6-1-2-3(7)5-4(8)9-2/h2-3,6-7H,1H2,(H,5,8). The molecule has 0 radical (unpaired) electrons. The summed E-state index contributed by atoms with van der Waals surface area (Å²) in [6.45, 7) is -0.0427. The quantitative estimate of drug-likeness (QED) is 0.448. The molecule has 1 fully saturated rings. The Kier molecular flexibility index (Phi) is 2.29. The maximum atomic E-state index is 8.98. The first kappa shape index (κ1) is 7.27. The fourth-order valence-corrected chi connectivity index (χ4v) is 1.81. The van der Waals surface area contributed by atoms with Gasteiger partial charge in [0.15, 0.2) is 0 Å². The van der Waals surface area contributed by atoms with E-state index in [-0.39, 0.29) is 11.9 Å². The molecule has 1 rings (SSSR count). The molecule has 0 bridgehead atoms. The van der Waals surface area contributed by atoms with E-state index in [0.29, 0.717) is 4.32 Å². The van der Waals surface area contributed by atoms with Gasteiger partial charge < -0.3 is 15.5 Å². The Hall–Kier alpha value is 0.160. The second kappa shape index (κ2) is 2.83. The van der Waals surface area contributed by atoms with E-state index < -0.39 is 6.23 Å². The number of nitrogens with one attached hydrogen (secondary N) is 1. The summed E-state index contributed by atoms with van der Waals surface area (Å²) in [4.78, 5) is 0. The molecule has 0 aromatic carbocycles. The van der Waals surface area contributed by atoms with Gasteiger partial charge >= 0.3 is 0 Å². The van der Waals surface area contributed by atoms with E-state index in [0.717, 1.165) is 0 Å². The lowest BCUT2D eigenvalue weighted by atomic mass is 10.4. The Morgan fingerprint density at radius 3 is 2.67 bits per heavy atom. The van der Waals surface area contributed by atoms with E-state index in [9.17, 15) is 0 Å². The van der Waals surface area contributed by atoms with Gasteiger partial charge in [-0.1, -0.05) is 24.0 Å². The van der Waals surface area contributed by atoms with Crippen molar-refractivity contribution in [1.82, 2.24) is 5.32 Å². The van der Waals surface area contributed by atoms with E-state index in [1.807, 2.05) is 0 Å². The number of hydrogen-bond donors (Lipinski definition) is 3. The summed E-state index contributed by atoms with van der Waals surface area (Å²) < 4.78 is 0.557. The molecule has 0 aromatic rings. The molecule has 0 amide bonds. The second-order valence-corrected chi connectivity index (χ2v) is 3.63. The lowest BCUT2D eigenvalue weighted by Gasteiger charge is -2.06. The lowest BCUT2D eigenvalue weighted by Crippen LogP contribution is -2.32. The van der Waals surface area contributed by atoms with Crippen LogP contribution in [0, 0.1) is 0 Å². The molecule has 0 saturated carbocycles. The highest BCUT2D eigenvalue weighted by molar-refractivity contribution is 8.23. The molecule has 0 spiro atoms. The Balaban J connectivity index is 2.47. The van der Waals surface area contributed by atoms with Crippen molar-refractivity contribution < 1.29 is 10.2 Å². The van der Waals surface area contributed by atoms with Crippen molar-refractivity contribution in [2.24, 2.45) is 0 Å². The molecule has 0 aromatic heterocycles. The molecule has 1 saturated heterocycles. The van der Waals surface area contributed by atoms with Crippen molar-refractivity contribution in [3.63, 3.8) is 0 Å². The third-order valence-electron chi connectivity index (χ3n) is 1.06. The van der Waals surface area contributed by atoms with Gasteiger partial charge in [-0.15, -0.1) is 0 Å². The molecule has 1 aliphatic heterocycles. The van der Waals surface area contributed by atoms with Gasteiger partial charge in [-0.05, 0) is 0 Å². The van der Waals surface area contributed by atoms with Crippen molar-refractivity contribution >= 4 is 28.3 Å². The summed E-state index contributed by atoms with van der Waals surface area (Å²) in [6.07, 6.45) is -0.674. The molecule has 2 atom stereocenters. The zero-order valence-electron chi connectivity index (χ0n) is 4.57. The molecule has 52 valence electrons. The molecular formula is C4H7NO2S2. The summed E-state index contributed by atoms with van der Waals surface area (Å²) >= 11 is 6.01. The molecule has 9 heavy (non-hydrogen) atoms. The fraction of sp³-hybridized carbons (Fsp3) is 0.750. The molecule has 5 heteroatoms. The Bertz CT molecular complexity index is 130. The normalized spacial score (nSPS) is 34.7. The molecule has 3 N–H and O–H groups in total. The van der Waals surface area contributed by atoms with Crippen LogP contribution in [-0.2, 0) is 0 Å². The van der Waals surface area contributed by atoms with Crippen LogP contribution in [0.1, 0.15) is 0 Å². The second-order valence-electron chi connectivity index (χ2n) is 1.72. The summed E-state index contributed by atoms with van der Waals surface area (Å²) in [5.74, 6) is 0. The zero-order valence-corrected chi connectivity index (χ0v) is 6.21. The van der Waals surface area contributed by atoms with Gasteiger partial charge in [0, 0.05) is 0 Å². The van der Waals surface area contributed by atoms with Crippen LogP contribution in [0.15, 0.2) is 0 Å². The van der Waals surface area contributed by atoms with Crippen LogP contribution in [-0.4, -0.2) is 32.6 Å². The van der Waals surface area contributed by atoms with E-state index in [1.54, 1.807) is 0 Å². The SMILES string of the molecule is OCC1SC(=S)NC1O. The van der Waals surface area contributed by atoms with Gasteiger partial charge in [0.2, 0.25) is 0 Å². The largest absolute Gasteiger partial charge is 0.395 e. The Labute approximate surface area is 62.4 Å². The fourth-order valence-electron chi connectivity index (χ4n) is 0.587. The smallest absolute Gasteiger partial charge is 0.140 e. The van der Waals surface area contributed by atoms with Crippen LogP contribution in [0.25, 0.3) is 0 Å². The predicted molar refractivity (Wildman–Crippen MR) is 40.2 cm³/mol. The highest BCUT2D eigenvalue weighted by Gasteiger charge is 2.27. The number of aliphatic hydroxyl groups excluding tert-OH is 2. The Morgan fingerprint density at radius 1 is 1.78 bits per heavy atom. The maximum absolute atomic E-state index is 8.98. The minimum absolute atomic E-state index is 0.0427. The first-order chi connectivity index (χ1) is 4.24. The van der Waals surface area contributed by atoms with Gasteiger partial charge in [0.05, 0.1) is 11.9 Å². The third kappa shape index (κ3) is 1.54. The minimum atomic E-state index is -0.674. The zero-order chi connectivity index (χ0) is 6.85. The summed E-state index contributed by atoms with van der Waals surface area (Å²) in [5.41, 5.74) is 0. The topological polar surface area (TPSA) is 52.5 Å². The van der Waals surface area contributed by atoms with Gasteiger partial charge in [-0.3, -0.25) is 0 Å². The number of aliphatic hydroxyl groups is 2. The van der Waals surface area contributed by atoms with Gasteiger partial charge in [-0.25, -0.2) is 0 Å². The van der Waals surface area contributed by atoms with E-state index in [2.05, 4.69) is 5.32 Å². The van der Waals surface area contributed by atoms with Crippen LogP contribution in [0.2, 0.25) is 0 Å². The van der Waals surface area contributed by atoms with Crippen molar-refractivity contribution in [3.8, 4) is 0 Å². The van der Waals surface area contributed by atoms with Crippen molar-refractivity contribution in [3.05, 3.63) is 0 Å². The highest BCUT2D eigenvalue weighted by atomic mass is 32.2. The number of hydrogen-bond acceptors (Lipinski definition) is 4. The molecule has 0 aliphatic carbocycles. The van der Waals surface area contributed by atoms with Crippen molar-refractivity contribution in [2.75, 3.05) is 6.61 Å². The lowest BCUT2D eigenvalue weighted by molar-refractivity contribution is 0.134. The highest BCUT2D eigenvalue weighted by Crippen LogP contribution is 2.20. The summed E-state index contributed by atoms with van der Waals surface area (Å²) in [7, 11) is 0. The van der Waals surface area contributed by atoms with Crippen LogP contribution in [0.3, 0.4) is 0 Å². The van der Waals surface area contributed by atoms with Crippen LogP contribution in [0.5, 0.6) is 0 Å². The van der Waals surface area contributed by atoms with E-state index in [1.165, 1.54) is 11.8 Å². The number of rotatable bonds is 1. The average molecular weight is 165 g/mol. The molecule has 1 aliphatic rings. The maximum Gasteiger partial charge on any atom is 0.140 e. The predicted octanol–water partition coefficient (Wildman–Crippen LogP) is -0.713. The van der Waals surface area contributed by atoms with E-state index >= 15 is 0 Å². The first-order valence-corrected chi connectivity index (χ1v) is 3.79. The average Bonchev–Trinajstić information content (AvgIpc) is 2.10. The number of thioether (sulfide) groups is 1. The van der Waals surface area contributed by atoms with Crippen LogP contribution < -0.4 is 5.32 Å². The van der Waals surface area contributed by atoms with Crippen molar-refractivity contribution in [2.45, 2.75) is 11.5 Å². The van der Waals surface area contributed by atoms with Gasteiger partial charge in [0.1, 0.15) is 10.5 Å². The van der Waals surface area contributed by atoms with Crippen LogP contribution >= 0.6 is 24.0 Å². The summed E-state index contributed by atoms with van der Waals surface area (Å²) in [6, 6.07) is 0. The third-order valence-corrected chi connectivity index (χ3v) is 2.50. The van der Waals surface area contributed by atoms with Gasteiger partial charge in [0.25, 0.3) is 0 Å².